The number of hydrogen-bond donors (Lipinski definition) is 2. The Balaban J connectivity index is 1.53. The second-order valence-corrected chi connectivity index (χ2v) is 10.1. The first-order chi connectivity index (χ1) is 17.3. The number of carbonyl (C=O) groups is 2. The fourth-order valence-corrected chi connectivity index (χ4v) is 5.28. The van der Waals surface area contributed by atoms with Crippen molar-refractivity contribution >= 4 is 33.2 Å². The van der Waals surface area contributed by atoms with Gasteiger partial charge in [-0.3, -0.25) is 13.9 Å². The highest BCUT2D eigenvalue weighted by atomic mass is 32.2. The third-order valence-corrected chi connectivity index (χ3v) is 7.48. The molecule has 8 nitrogen and oxygen atoms in total. The highest BCUT2D eigenvalue weighted by molar-refractivity contribution is 7.92. The molecule has 0 spiro atoms. The molecule has 0 radical (unpaired) electrons. The van der Waals surface area contributed by atoms with E-state index in [9.17, 15) is 22.4 Å². The van der Waals surface area contributed by atoms with E-state index >= 15 is 0 Å². The summed E-state index contributed by atoms with van der Waals surface area (Å²) in [6.07, 6.45) is 1.79. The number of hydrogen-bond acceptors (Lipinski definition) is 5. The molecule has 1 aliphatic rings. The van der Waals surface area contributed by atoms with Crippen molar-refractivity contribution in [3.05, 3.63) is 90.2 Å². The second kappa shape index (κ2) is 11.3. The minimum Gasteiger partial charge on any atom is -0.376 e. The summed E-state index contributed by atoms with van der Waals surface area (Å²) in [6, 6.07) is 19.0. The van der Waals surface area contributed by atoms with Gasteiger partial charge in [-0.15, -0.1) is 0 Å². The molecule has 0 unspecified atom stereocenters. The van der Waals surface area contributed by atoms with Crippen molar-refractivity contribution < 1.29 is 27.1 Å². The molecule has 1 aliphatic heterocycles. The van der Waals surface area contributed by atoms with Gasteiger partial charge in [0.05, 0.1) is 27.9 Å². The van der Waals surface area contributed by atoms with Crippen molar-refractivity contribution in [3.8, 4) is 0 Å². The maximum absolute atomic E-state index is 13.4. The third-order valence-electron chi connectivity index (χ3n) is 5.69. The van der Waals surface area contributed by atoms with Gasteiger partial charge < -0.3 is 15.4 Å². The normalized spacial score (nSPS) is 15.3. The number of ether oxygens (including phenoxy) is 1. The smallest absolute Gasteiger partial charge is 0.264 e. The Labute approximate surface area is 209 Å². The number of nitrogens with one attached hydrogen (secondary N) is 2. The first-order valence-electron chi connectivity index (χ1n) is 11.5. The highest BCUT2D eigenvalue weighted by Gasteiger charge is 2.28. The standard InChI is InChI=1S/C26H26FN3O5S/c27-19-12-14-22(15-13-19)36(33,34)30(20-7-2-1-3-8-20)18-25(31)29-24-11-5-4-10-23(24)26(32)28-17-21-9-6-16-35-21/h1-5,7-8,10-15,21H,6,9,16-18H2,(H,28,32)(H,29,31)/t21-/m1/s1. The Hall–Kier alpha value is -3.76. The van der Waals surface area contributed by atoms with Crippen LogP contribution in [0, 0.1) is 5.82 Å². The molecule has 36 heavy (non-hydrogen) atoms. The second-order valence-electron chi connectivity index (χ2n) is 8.24. The van der Waals surface area contributed by atoms with Crippen LogP contribution in [0.2, 0.25) is 0 Å². The van der Waals surface area contributed by atoms with Crippen LogP contribution in [-0.4, -0.2) is 46.0 Å². The number of benzene rings is 3. The van der Waals surface area contributed by atoms with Crippen molar-refractivity contribution in [3.63, 3.8) is 0 Å². The van der Waals surface area contributed by atoms with Gasteiger partial charge in [-0.2, -0.15) is 0 Å². The molecule has 2 N–H and O–H groups in total. The predicted molar refractivity (Wildman–Crippen MR) is 134 cm³/mol. The predicted octanol–water partition coefficient (Wildman–Crippen LogP) is 3.57. The fraction of sp³-hybridized carbons (Fsp3) is 0.231. The summed E-state index contributed by atoms with van der Waals surface area (Å²) in [5, 5.41) is 5.47. The topological polar surface area (TPSA) is 105 Å². The number of para-hydroxylation sites is 2. The Morgan fingerprint density at radius 3 is 2.36 bits per heavy atom. The van der Waals surface area contributed by atoms with Crippen molar-refractivity contribution in [1.82, 2.24) is 5.32 Å². The third kappa shape index (κ3) is 6.07. The molecule has 188 valence electrons. The van der Waals surface area contributed by atoms with Gasteiger partial charge in [-0.25, -0.2) is 12.8 Å². The Morgan fingerprint density at radius 2 is 1.67 bits per heavy atom. The van der Waals surface area contributed by atoms with Gasteiger partial charge in [-0.05, 0) is 61.4 Å². The Morgan fingerprint density at radius 1 is 0.972 bits per heavy atom. The van der Waals surface area contributed by atoms with Crippen LogP contribution in [0.5, 0.6) is 0 Å². The van der Waals surface area contributed by atoms with E-state index in [-0.39, 0.29) is 33.8 Å². The fourth-order valence-electron chi connectivity index (χ4n) is 3.86. The van der Waals surface area contributed by atoms with Crippen LogP contribution in [0.15, 0.2) is 83.8 Å². The number of carbonyl (C=O) groups excluding carboxylic acids is 2. The number of nitrogens with zero attached hydrogens (tertiary/aromatic N) is 1. The van der Waals surface area contributed by atoms with E-state index in [1.165, 1.54) is 0 Å². The number of sulfonamides is 1. The molecule has 0 aliphatic carbocycles. The largest absolute Gasteiger partial charge is 0.376 e. The molecule has 1 fully saturated rings. The monoisotopic (exact) mass is 511 g/mol. The summed E-state index contributed by atoms with van der Waals surface area (Å²) in [6.45, 7) is 0.473. The van der Waals surface area contributed by atoms with E-state index in [1.807, 2.05) is 0 Å². The van der Waals surface area contributed by atoms with E-state index in [1.54, 1.807) is 54.6 Å². The summed E-state index contributed by atoms with van der Waals surface area (Å²) in [7, 11) is -4.19. The molecule has 2 amide bonds. The molecule has 4 rings (SSSR count). The summed E-state index contributed by atoms with van der Waals surface area (Å²) < 4.78 is 46.6. The van der Waals surface area contributed by atoms with Crippen molar-refractivity contribution in [2.75, 3.05) is 29.3 Å². The lowest BCUT2D eigenvalue weighted by Crippen LogP contribution is -2.38. The molecular weight excluding hydrogens is 485 g/mol. The molecule has 1 atom stereocenters. The molecule has 0 aromatic heterocycles. The zero-order chi connectivity index (χ0) is 25.5. The Bertz CT molecular complexity index is 1310. The molecule has 1 saturated heterocycles. The van der Waals surface area contributed by atoms with Gasteiger partial charge in [0.1, 0.15) is 12.4 Å². The van der Waals surface area contributed by atoms with Crippen molar-refractivity contribution in [2.45, 2.75) is 23.8 Å². The van der Waals surface area contributed by atoms with Gasteiger partial charge >= 0.3 is 0 Å². The van der Waals surface area contributed by atoms with Gasteiger partial charge in [-0.1, -0.05) is 30.3 Å². The SMILES string of the molecule is O=C(CN(c1ccccc1)S(=O)(=O)c1ccc(F)cc1)Nc1ccccc1C(=O)NC[C@H]1CCCO1. The van der Waals surface area contributed by atoms with Crippen LogP contribution in [-0.2, 0) is 19.6 Å². The molecule has 3 aromatic carbocycles. The van der Waals surface area contributed by atoms with E-state index in [0.29, 0.717) is 13.2 Å². The van der Waals surface area contributed by atoms with Crippen molar-refractivity contribution in [2.24, 2.45) is 0 Å². The maximum atomic E-state index is 13.4. The van der Waals surface area contributed by atoms with Crippen molar-refractivity contribution in [1.29, 1.82) is 0 Å². The van der Waals surface area contributed by atoms with Gasteiger partial charge in [0.2, 0.25) is 5.91 Å². The summed E-state index contributed by atoms with van der Waals surface area (Å²) in [4.78, 5) is 25.6. The molecule has 10 heteroatoms. The van der Waals surface area contributed by atoms with E-state index in [4.69, 9.17) is 4.74 Å². The quantitative estimate of drug-likeness (QED) is 0.457. The zero-order valence-electron chi connectivity index (χ0n) is 19.4. The average molecular weight is 512 g/mol. The van der Waals surface area contributed by atoms with Gasteiger partial charge in [0.15, 0.2) is 0 Å². The van der Waals surface area contributed by atoms with Gasteiger partial charge in [0, 0.05) is 13.2 Å². The molecule has 0 bridgehead atoms. The van der Waals surface area contributed by atoms with E-state index in [0.717, 1.165) is 41.4 Å². The maximum Gasteiger partial charge on any atom is 0.264 e. The lowest BCUT2D eigenvalue weighted by atomic mass is 10.1. The van der Waals surface area contributed by atoms with E-state index < -0.39 is 28.3 Å². The minimum absolute atomic E-state index is 0.0354. The van der Waals surface area contributed by atoms with Crippen LogP contribution in [0.4, 0.5) is 15.8 Å². The summed E-state index contributed by atoms with van der Waals surface area (Å²) in [5.41, 5.74) is 0.760. The first kappa shape index (κ1) is 25.3. The first-order valence-corrected chi connectivity index (χ1v) is 12.9. The van der Waals surface area contributed by atoms with Crippen LogP contribution in [0.1, 0.15) is 23.2 Å². The number of halogens is 1. The molecular formula is C26H26FN3O5S. The average Bonchev–Trinajstić information content (AvgIpc) is 3.41. The van der Waals surface area contributed by atoms with Crippen LogP contribution in [0.25, 0.3) is 0 Å². The number of anilines is 2. The lowest BCUT2D eigenvalue weighted by molar-refractivity contribution is -0.114. The number of rotatable bonds is 9. The number of amides is 2. The molecule has 3 aromatic rings. The lowest BCUT2D eigenvalue weighted by Gasteiger charge is -2.24. The van der Waals surface area contributed by atoms with Crippen LogP contribution < -0.4 is 14.9 Å². The van der Waals surface area contributed by atoms with Crippen LogP contribution in [0.3, 0.4) is 0 Å². The van der Waals surface area contributed by atoms with Gasteiger partial charge in [0.25, 0.3) is 15.9 Å². The molecule has 1 heterocycles. The van der Waals surface area contributed by atoms with E-state index in [2.05, 4.69) is 10.6 Å². The molecule has 0 saturated carbocycles. The Kier molecular flexibility index (Phi) is 7.97. The zero-order valence-corrected chi connectivity index (χ0v) is 20.2. The minimum atomic E-state index is -4.19. The summed E-state index contributed by atoms with van der Waals surface area (Å²) in [5.74, 6) is -1.60. The highest BCUT2D eigenvalue weighted by Crippen LogP contribution is 2.24. The summed E-state index contributed by atoms with van der Waals surface area (Å²) >= 11 is 0. The van der Waals surface area contributed by atoms with Crippen LogP contribution >= 0.6 is 0 Å².